The van der Waals surface area contributed by atoms with Gasteiger partial charge in [-0.2, -0.15) is 5.26 Å². The van der Waals surface area contributed by atoms with Crippen LogP contribution in [0.15, 0.2) is 16.6 Å². The minimum absolute atomic E-state index is 0.0714. The number of hydrogen-bond donors (Lipinski definition) is 0. The van der Waals surface area contributed by atoms with Crippen molar-refractivity contribution in [3.63, 3.8) is 0 Å². The first-order chi connectivity index (χ1) is 6.69. The Morgan fingerprint density at radius 3 is 2.86 bits per heavy atom. The number of benzene rings is 1. The van der Waals surface area contributed by atoms with Crippen LogP contribution in [0.25, 0.3) is 0 Å². The van der Waals surface area contributed by atoms with Crippen molar-refractivity contribution in [2.45, 2.75) is 13.0 Å². The van der Waals surface area contributed by atoms with Gasteiger partial charge >= 0.3 is 0 Å². The van der Waals surface area contributed by atoms with Gasteiger partial charge in [-0.25, -0.2) is 4.39 Å². The highest BCUT2D eigenvalue weighted by Crippen LogP contribution is 2.22. The van der Waals surface area contributed by atoms with Crippen LogP contribution in [0.1, 0.15) is 11.1 Å². The molecule has 0 aromatic heterocycles. The van der Waals surface area contributed by atoms with Gasteiger partial charge in [-0.15, -0.1) is 0 Å². The molecule has 0 radical (unpaired) electrons. The zero-order valence-corrected chi connectivity index (χ0v) is 9.27. The summed E-state index contributed by atoms with van der Waals surface area (Å²) in [4.78, 5) is 0. The third-order valence-corrected chi connectivity index (χ3v) is 2.32. The van der Waals surface area contributed by atoms with Crippen LogP contribution in [0.3, 0.4) is 0 Å². The molecule has 2 nitrogen and oxygen atoms in total. The molecule has 1 aromatic carbocycles. The maximum atomic E-state index is 13.4. The molecule has 0 aliphatic carbocycles. The lowest BCUT2D eigenvalue weighted by Crippen LogP contribution is -1.95. The predicted molar refractivity (Wildman–Crippen MR) is 54.1 cm³/mol. The standard InChI is InChI=1S/C10H9BrFNO/c1-14-6-7-4-8(2-3-13)10(12)9(11)5-7/h4-5H,2,6H2,1H3. The first kappa shape index (κ1) is 11.2. The van der Waals surface area contributed by atoms with Gasteiger partial charge in [0, 0.05) is 12.7 Å². The van der Waals surface area contributed by atoms with Gasteiger partial charge in [0.25, 0.3) is 0 Å². The molecule has 0 aliphatic heterocycles. The number of nitrogens with zero attached hydrogens (tertiary/aromatic N) is 1. The largest absolute Gasteiger partial charge is 0.380 e. The topological polar surface area (TPSA) is 33.0 Å². The van der Waals surface area contributed by atoms with E-state index < -0.39 is 0 Å². The molecule has 1 rings (SSSR count). The van der Waals surface area contributed by atoms with Gasteiger partial charge in [0.2, 0.25) is 0 Å². The fourth-order valence-electron chi connectivity index (χ4n) is 1.17. The summed E-state index contributed by atoms with van der Waals surface area (Å²) in [5.74, 6) is -0.369. The van der Waals surface area contributed by atoms with Crippen LogP contribution < -0.4 is 0 Å². The zero-order chi connectivity index (χ0) is 10.6. The van der Waals surface area contributed by atoms with Gasteiger partial charge in [0.1, 0.15) is 5.82 Å². The van der Waals surface area contributed by atoms with Crippen molar-refractivity contribution in [3.8, 4) is 6.07 Å². The lowest BCUT2D eigenvalue weighted by atomic mass is 10.1. The summed E-state index contributed by atoms with van der Waals surface area (Å²) < 4.78 is 18.7. The van der Waals surface area contributed by atoms with Crippen molar-refractivity contribution in [1.29, 1.82) is 5.26 Å². The Hall–Kier alpha value is -0.920. The maximum absolute atomic E-state index is 13.4. The lowest BCUT2D eigenvalue weighted by Gasteiger charge is -2.05. The van der Waals surface area contributed by atoms with Gasteiger partial charge in [-0.3, -0.25) is 0 Å². The molecule has 0 heterocycles. The van der Waals surface area contributed by atoms with Gasteiger partial charge in [0.05, 0.1) is 23.6 Å². The summed E-state index contributed by atoms with van der Waals surface area (Å²) in [6.07, 6.45) is 0.0714. The molecule has 14 heavy (non-hydrogen) atoms. The number of hydrogen-bond acceptors (Lipinski definition) is 2. The number of rotatable bonds is 3. The average molecular weight is 258 g/mol. The smallest absolute Gasteiger partial charge is 0.141 e. The van der Waals surface area contributed by atoms with E-state index in [0.29, 0.717) is 16.6 Å². The van der Waals surface area contributed by atoms with Crippen LogP contribution >= 0.6 is 15.9 Å². The summed E-state index contributed by atoms with van der Waals surface area (Å²) in [5.41, 5.74) is 1.25. The highest BCUT2D eigenvalue weighted by molar-refractivity contribution is 9.10. The Labute approximate surface area is 90.4 Å². The molecule has 0 bridgehead atoms. The first-order valence-corrected chi connectivity index (χ1v) is 4.81. The van der Waals surface area contributed by atoms with E-state index in [2.05, 4.69) is 15.9 Å². The fourth-order valence-corrected chi connectivity index (χ4v) is 1.72. The molecule has 74 valence electrons. The van der Waals surface area contributed by atoms with Crippen LogP contribution in [-0.4, -0.2) is 7.11 Å². The van der Waals surface area contributed by atoms with E-state index in [9.17, 15) is 4.39 Å². The maximum Gasteiger partial charge on any atom is 0.141 e. The van der Waals surface area contributed by atoms with Crippen molar-refractivity contribution in [1.82, 2.24) is 0 Å². The Morgan fingerprint density at radius 2 is 2.29 bits per heavy atom. The molecule has 1 aromatic rings. The Balaban J connectivity index is 3.08. The zero-order valence-electron chi connectivity index (χ0n) is 7.68. The SMILES string of the molecule is COCc1cc(Br)c(F)c(CC#N)c1. The number of halogens is 2. The highest BCUT2D eigenvalue weighted by Gasteiger charge is 2.08. The number of nitriles is 1. The second-order valence-electron chi connectivity index (χ2n) is 2.82. The van der Waals surface area contributed by atoms with E-state index in [1.165, 1.54) is 0 Å². The molecular weight excluding hydrogens is 249 g/mol. The molecule has 4 heteroatoms. The van der Waals surface area contributed by atoms with Crippen molar-refractivity contribution in [3.05, 3.63) is 33.5 Å². The molecule has 0 saturated heterocycles. The van der Waals surface area contributed by atoms with Crippen LogP contribution in [0, 0.1) is 17.1 Å². The van der Waals surface area contributed by atoms with Crippen molar-refractivity contribution in [2.75, 3.05) is 7.11 Å². The summed E-state index contributed by atoms with van der Waals surface area (Å²) in [6, 6.07) is 5.22. The van der Waals surface area contributed by atoms with Crippen molar-refractivity contribution < 1.29 is 9.13 Å². The first-order valence-electron chi connectivity index (χ1n) is 4.01. The van der Waals surface area contributed by atoms with E-state index >= 15 is 0 Å². The summed E-state index contributed by atoms with van der Waals surface area (Å²) in [7, 11) is 1.57. The van der Waals surface area contributed by atoms with Crippen LogP contribution in [0.4, 0.5) is 4.39 Å². The fraction of sp³-hybridized carbons (Fsp3) is 0.300. The van der Waals surface area contributed by atoms with E-state index in [-0.39, 0.29) is 12.2 Å². The third-order valence-electron chi connectivity index (χ3n) is 1.74. The summed E-state index contributed by atoms with van der Waals surface area (Å²) in [6.45, 7) is 0.414. The van der Waals surface area contributed by atoms with Crippen LogP contribution in [-0.2, 0) is 17.8 Å². The Bertz CT molecular complexity index is 373. The molecule has 0 atom stereocenters. The molecule has 0 fully saturated rings. The van der Waals surface area contributed by atoms with E-state index in [0.717, 1.165) is 5.56 Å². The van der Waals surface area contributed by atoms with E-state index in [4.69, 9.17) is 10.00 Å². The summed E-state index contributed by atoms with van der Waals surface area (Å²) >= 11 is 3.10. The highest BCUT2D eigenvalue weighted by atomic mass is 79.9. The van der Waals surface area contributed by atoms with Crippen molar-refractivity contribution in [2.24, 2.45) is 0 Å². The molecule has 0 unspecified atom stereocenters. The average Bonchev–Trinajstić information content (AvgIpc) is 2.14. The molecular formula is C10H9BrFNO. The monoisotopic (exact) mass is 257 g/mol. The predicted octanol–water partition coefficient (Wildman–Crippen LogP) is 2.80. The van der Waals surface area contributed by atoms with Crippen LogP contribution in [0.5, 0.6) is 0 Å². The molecule has 0 saturated carbocycles. The molecule has 0 aliphatic rings. The lowest BCUT2D eigenvalue weighted by molar-refractivity contribution is 0.184. The molecule has 0 N–H and O–H groups in total. The van der Waals surface area contributed by atoms with E-state index in [1.807, 2.05) is 6.07 Å². The molecule has 0 spiro atoms. The molecule has 0 amide bonds. The summed E-state index contributed by atoms with van der Waals surface area (Å²) in [5, 5.41) is 8.49. The van der Waals surface area contributed by atoms with Gasteiger partial charge in [-0.1, -0.05) is 0 Å². The quantitative estimate of drug-likeness (QED) is 0.835. The van der Waals surface area contributed by atoms with Gasteiger partial charge in [0.15, 0.2) is 0 Å². The number of methoxy groups -OCH3 is 1. The van der Waals surface area contributed by atoms with E-state index in [1.54, 1.807) is 19.2 Å². The third kappa shape index (κ3) is 2.53. The number of ether oxygens (including phenoxy) is 1. The van der Waals surface area contributed by atoms with Crippen LogP contribution in [0.2, 0.25) is 0 Å². The normalized spacial score (nSPS) is 9.86. The Kier molecular flexibility index (Phi) is 4.05. The van der Waals surface area contributed by atoms with Gasteiger partial charge < -0.3 is 4.74 Å². The Morgan fingerprint density at radius 1 is 1.57 bits per heavy atom. The minimum atomic E-state index is -0.369. The second kappa shape index (κ2) is 5.08. The van der Waals surface area contributed by atoms with Gasteiger partial charge in [-0.05, 0) is 33.6 Å². The van der Waals surface area contributed by atoms with Crippen molar-refractivity contribution >= 4 is 15.9 Å². The minimum Gasteiger partial charge on any atom is -0.380 e. The second-order valence-corrected chi connectivity index (χ2v) is 3.67.